The van der Waals surface area contributed by atoms with Crippen LogP contribution in [0.3, 0.4) is 0 Å². The predicted molar refractivity (Wildman–Crippen MR) is 289 cm³/mol. The van der Waals surface area contributed by atoms with E-state index in [0.29, 0.717) is 19.4 Å². The minimum Gasteiger partial charge on any atom is -0.756 e. The van der Waals surface area contributed by atoms with Crippen molar-refractivity contribution in [3.05, 3.63) is 0 Å². The summed E-state index contributed by atoms with van der Waals surface area (Å²) in [6, 6.07) is 0. The summed E-state index contributed by atoms with van der Waals surface area (Å²) < 4.78 is 33.0. The van der Waals surface area contributed by atoms with Gasteiger partial charge in [0.05, 0.1) is 20.2 Å². The van der Waals surface area contributed by atoms with Crippen LogP contribution in [0.25, 0.3) is 0 Å². The summed E-state index contributed by atoms with van der Waals surface area (Å²) in [7, 11) is -2.82. The van der Waals surface area contributed by atoms with Crippen LogP contribution >= 0.6 is 7.82 Å². The highest BCUT2D eigenvalue weighted by Crippen LogP contribution is 2.38. The fraction of sp³-hybridized carbons (Fsp3) is 0.833. The zero-order valence-corrected chi connectivity index (χ0v) is 46.3. The third-order valence-corrected chi connectivity index (χ3v) is 13.4. The lowest BCUT2D eigenvalue weighted by atomic mass is 10.0. The molecule has 0 amide bonds. The number of quaternary nitrogens is 1. The number of carbonyl (C=O) groups excluding carboxylic acids is 2. The van der Waals surface area contributed by atoms with E-state index < -0.39 is 32.5 Å². The molecular weight excluding hydrogens is 894 g/mol. The lowest BCUT2D eigenvalue weighted by Crippen LogP contribution is -2.80. The van der Waals surface area contributed by atoms with Crippen LogP contribution in [0.4, 0.5) is 0 Å². The van der Waals surface area contributed by atoms with E-state index >= 15 is 0 Å². The molecule has 0 rings (SSSR count). The molecule has 2 atom stereocenters. The van der Waals surface area contributed by atoms with Crippen molar-refractivity contribution in [2.24, 2.45) is 0 Å². The molecule has 0 saturated heterocycles. The highest BCUT2D eigenvalue weighted by molar-refractivity contribution is 7.45. The molecule has 0 aliphatic carbocycles. The van der Waals surface area contributed by atoms with Gasteiger partial charge in [0, 0.05) is 38.5 Å². The lowest BCUT2D eigenvalue weighted by Gasteiger charge is -2.25. The van der Waals surface area contributed by atoms with Crippen LogP contribution in [0.5, 0.6) is 0 Å². The van der Waals surface area contributed by atoms with Crippen LogP contribution in [0.1, 0.15) is 284 Å². The summed E-state index contributed by atoms with van der Waals surface area (Å²) in [6.45, 7) is 4.14. The van der Waals surface area contributed by atoms with E-state index in [9.17, 15) is 19.0 Å². The van der Waals surface area contributed by atoms with Crippen LogP contribution < -0.4 is 10.2 Å². The van der Waals surface area contributed by atoms with Crippen molar-refractivity contribution in [1.29, 1.82) is 0 Å². The molecule has 0 saturated carbocycles. The first-order valence-electron chi connectivity index (χ1n) is 29.0. The summed E-state index contributed by atoms with van der Waals surface area (Å²) in [4.78, 5) is 37.4. The summed E-state index contributed by atoms with van der Waals surface area (Å²) in [5, 5.41) is 1.78. The van der Waals surface area contributed by atoms with Crippen LogP contribution in [0.15, 0.2) is 0 Å². The van der Waals surface area contributed by atoms with Crippen LogP contribution in [0.2, 0.25) is 0 Å². The van der Waals surface area contributed by atoms with E-state index in [2.05, 4.69) is 61.2 Å². The Morgan fingerprint density at radius 3 is 1.10 bits per heavy atom. The number of carbonyl (C=O) groups is 2. The summed E-state index contributed by atoms with van der Waals surface area (Å²) >= 11 is 0. The number of phosphoric ester groups is 1. The van der Waals surface area contributed by atoms with Crippen molar-refractivity contribution in [2.45, 2.75) is 290 Å². The number of unbranched alkanes of at least 4 members (excludes halogenated alkanes) is 36. The number of hydrogen-bond acceptors (Lipinski definition) is 8. The zero-order valence-electron chi connectivity index (χ0n) is 45.4. The molecule has 10 heteroatoms. The Kier molecular flexibility index (Phi) is 53.4. The molecule has 0 aromatic carbocycles. The molecule has 0 bridgehead atoms. The van der Waals surface area contributed by atoms with Gasteiger partial charge in [0.15, 0.2) is 6.10 Å². The van der Waals surface area contributed by atoms with Gasteiger partial charge >= 0.3 is 11.9 Å². The molecule has 0 radical (unpaired) electrons. The lowest BCUT2D eigenvalue weighted by molar-refractivity contribution is -0.627. The molecule has 402 valence electrons. The quantitative estimate of drug-likeness (QED) is 0.0276. The van der Waals surface area contributed by atoms with Crippen molar-refractivity contribution in [2.75, 3.05) is 33.4 Å². The maximum absolute atomic E-state index is 12.7. The maximum Gasteiger partial charge on any atom is 0.306 e. The minimum absolute atomic E-state index is 0.0461. The molecule has 0 aliphatic rings. The monoisotopic (exact) mass is 998 g/mol. The van der Waals surface area contributed by atoms with Crippen LogP contribution in [0, 0.1) is 47.4 Å². The number of rotatable bonds is 50. The average Bonchev–Trinajstić information content (AvgIpc) is 3.35. The molecule has 2 unspecified atom stereocenters. The van der Waals surface area contributed by atoms with Crippen molar-refractivity contribution in [3.63, 3.8) is 0 Å². The standard InChI is InChI=1S/C60H104NO8P/c1-4-6-8-10-12-14-16-18-20-22-24-26-28-30-32-34-36-38-40-42-44-46-48-50-52-59(62)66-56-58(57-68-70(64,65)67-55-54-61-3)69-60(63)53-51-49-47-45-43-41-39-37-35-33-31-29-27-25-23-21-19-17-15-13-11-9-7-5-2/h58,61H,4-33,42-57H2,1-3H3,(H,64,65). The average molecular weight is 998 g/mol. The maximum atomic E-state index is 12.7. The molecule has 0 aliphatic heterocycles. The molecular formula is C60H104NO8P. The van der Waals surface area contributed by atoms with Crippen molar-refractivity contribution in [3.8, 4) is 47.4 Å². The van der Waals surface area contributed by atoms with Gasteiger partial charge in [-0.1, -0.05) is 230 Å². The first-order chi connectivity index (χ1) is 34.3. The number of nitrogens with two attached hydrogens (primary N) is 1. The fourth-order valence-corrected chi connectivity index (χ4v) is 8.78. The predicted octanol–water partition coefficient (Wildman–Crippen LogP) is 14.6. The van der Waals surface area contributed by atoms with Crippen molar-refractivity contribution < 1.29 is 42.9 Å². The second-order valence-electron chi connectivity index (χ2n) is 19.3. The SMILES string of the molecule is CCCCCCCCCCCCCCCCC#CC#CCCCCCCC(=O)OCC(COP(=O)([O-])OCC[NH2+]C)OC(=O)CCCCCCC#CC#CCCCCCCCCCCCCCCCC. The van der Waals surface area contributed by atoms with E-state index in [-0.39, 0.29) is 26.1 Å². The van der Waals surface area contributed by atoms with Crippen molar-refractivity contribution in [1.82, 2.24) is 0 Å². The summed E-state index contributed by atoms with van der Waals surface area (Å²) in [6.07, 6.45) is 47.3. The number of phosphoric acid groups is 1. The van der Waals surface area contributed by atoms with Gasteiger partial charge in [-0.2, -0.15) is 0 Å². The normalized spacial score (nSPS) is 12.0. The second kappa shape index (κ2) is 55.6. The van der Waals surface area contributed by atoms with E-state index in [1.165, 1.54) is 167 Å². The highest BCUT2D eigenvalue weighted by atomic mass is 31.2. The van der Waals surface area contributed by atoms with Crippen LogP contribution in [-0.4, -0.2) is 51.5 Å². The second-order valence-corrected chi connectivity index (χ2v) is 20.7. The number of likely N-dealkylation sites (N-methyl/N-ethyl adjacent to an activating group) is 1. The zero-order chi connectivity index (χ0) is 51.0. The van der Waals surface area contributed by atoms with Gasteiger partial charge in [-0.15, -0.1) is 0 Å². The van der Waals surface area contributed by atoms with Gasteiger partial charge in [-0.25, -0.2) is 0 Å². The van der Waals surface area contributed by atoms with Gasteiger partial charge in [0.1, 0.15) is 13.2 Å². The molecule has 0 spiro atoms. The Labute approximate surface area is 431 Å². The van der Waals surface area contributed by atoms with Crippen LogP contribution in [-0.2, 0) is 32.7 Å². The fourth-order valence-electron chi connectivity index (χ4n) is 8.03. The van der Waals surface area contributed by atoms with E-state index in [1.807, 2.05) is 0 Å². The minimum atomic E-state index is -4.62. The Balaban J connectivity index is 4.16. The Morgan fingerprint density at radius 1 is 0.443 bits per heavy atom. The van der Waals surface area contributed by atoms with Gasteiger partial charge in [-0.05, 0) is 62.2 Å². The van der Waals surface area contributed by atoms with Gasteiger partial charge < -0.3 is 28.7 Å². The molecule has 70 heavy (non-hydrogen) atoms. The third kappa shape index (κ3) is 54.6. The third-order valence-electron chi connectivity index (χ3n) is 12.5. The molecule has 2 N–H and O–H groups in total. The molecule has 0 fully saturated rings. The van der Waals surface area contributed by atoms with Gasteiger partial charge in [0.2, 0.25) is 0 Å². The summed E-state index contributed by atoms with van der Waals surface area (Å²) in [5.74, 6) is 23.6. The van der Waals surface area contributed by atoms with E-state index in [4.69, 9.17) is 18.5 Å². The Bertz CT molecular complexity index is 1500. The Hall–Kier alpha value is -2.75. The number of hydrogen-bond donors (Lipinski definition) is 1. The number of ether oxygens (including phenoxy) is 2. The number of esters is 2. The van der Waals surface area contributed by atoms with Crippen molar-refractivity contribution >= 4 is 19.8 Å². The smallest absolute Gasteiger partial charge is 0.306 e. The van der Waals surface area contributed by atoms with E-state index in [0.717, 1.165) is 77.0 Å². The first kappa shape index (κ1) is 67.2. The van der Waals surface area contributed by atoms with E-state index in [1.54, 1.807) is 12.4 Å². The summed E-state index contributed by atoms with van der Waals surface area (Å²) in [5.41, 5.74) is 0. The largest absolute Gasteiger partial charge is 0.756 e. The topological polar surface area (TPSA) is 128 Å². The highest BCUT2D eigenvalue weighted by Gasteiger charge is 2.21. The molecule has 0 heterocycles. The van der Waals surface area contributed by atoms with Gasteiger partial charge in [0.25, 0.3) is 7.82 Å². The molecule has 9 nitrogen and oxygen atoms in total. The van der Waals surface area contributed by atoms with Gasteiger partial charge in [-0.3, -0.25) is 14.2 Å². The molecule has 0 aromatic rings. The first-order valence-corrected chi connectivity index (χ1v) is 30.4. The molecule has 0 aromatic heterocycles. The Morgan fingerprint density at radius 2 is 0.757 bits per heavy atom.